The van der Waals surface area contributed by atoms with E-state index in [1.54, 1.807) is 30.5 Å². The van der Waals surface area contributed by atoms with Gasteiger partial charge in [-0.2, -0.15) is 5.10 Å². The van der Waals surface area contributed by atoms with E-state index in [9.17, 15) is 4.79 Å². The van der Waals surface area contributed by atoms with Gasteiger partial charge < -0.3 is 4.90 Å². The van der Waals surface area contributed by atoms with E-state index in [-0.39, 0.29) is 11.4 Å². The van der Waals surface area contributed by atoms with Gasteiger partial charge >= 0.3 is 0 Å². The van der Waals surface area contributed by atoms with Crippen molar-refractivity contribution in [3.05, 3.63) is 63.1 Å². The Bertz CT molecular complexity index is 908. The van der Waals surface area contributed by atoms with Gasteiger partial charge in [-0.25, -0.2) is 5.43 Å². The van der Waals surface area contributed by atoms with E-state index in [0.717, 1.165) is 17.7 Å². The molecule has 0 radical (unpaired) electrons. The van der Waals surface area contributed by atoms with E-state index < -0.39 is 0 Å². The van der Waals surface area contributed by atoms with E-state index in [1.165, 1.54) is 5.56 Å². The maximum atomic E-state index is 12.1. The Kier molecular flexibility index (Phi) is 5.50. The van der Waals surface area contributed by atoms with Gasteiger partial charge in [0.1, 0.15) is 0 Å². The van der Waals surface area contributed by atoms with Crippen molar-refractivity contribution in [2.45, 2.75) is 38.6 Å². The van der Waals surface area contributed by atoms with Crippen molar-refractivity contribution in [3.8, 4) is 0 Å². The van der Waals surface area contributed by atoms with Crippen LogP contribution in [0.5, 0.6) is 0 Å². The zero-order valence-corrected chi connectivity index (χ0v) is 17.4. The lowest BCUT2D eigenvalue weighted by Crippen LogP contribution is -2.45. The van der Waals surface area contributed by atoms with Gasteiger partial charge in [0.05, 0.1) is 11.2 Å². The highest BCUT2D eigenvalue weighted by Crippen LogP contribution is 2.44. The summed E-state index contributed by atoms with van der Waals surface area (Å²) in [6.07, 6.45) is 2.64. The minimum Gasteiger partial charge on any atom is -0.369 e. The van der Waals surface area contributed by atoms with Crippen molar-refractivity contribution in [1.82, 2.24) is 5.43 Å². The Morgan fingerprint density at radius 3 is 2.74 bits per heavy atom. The molecule has 2 aromatic carbocycles. The molecule has 0 saturated heterocycles. The Labute approximate surface area is 170 Å². The number of carbonyl (C=O) groups is 1. The topological polar surface area (TPSA) is 44.7 Å². The summed E-state index contributed by atoms with van der Waals surface area (Å²) in [6.45, 7) is 6.70. The fraction of sp³-hybridized carbons (Fsp3) is 0.333. The predicted octanol–water partition coefficient (Wildman–Crippen LogP) is 5.48. The third-order valence-corrected chi connectivity index (χ3v) is 5.77. The maximum absolute atomic E-state index is 12.1. The van der Waals surface area contributed by atoms with Crippen molar-refractivity contribution in [1.29, 1.82) is 0 Å². The number of fused-ring (bicyclic) bond motifs is 1. The smallest absolute Gasteiger partial charge is 0.271 e. The summed E-state index contributed by atoms with van der Waals surface area (Å²) in [6, 6.07) is 10.8. The second-order valence-corrected chi connectivity index (χ2v) is 8.46. The van der Waals surface area contributed by atoms with E-state index in [1.807, 2.05) is 6.07 Å². The van der Waals surface area contributed by atoms with Crippen LogP contribution in [0.3, 0.4) is 0 Å². The molecule has 1 amide bonds. The van der Waals surface area contributed by atoms with E-state index in [2.05, 4.69) is 49.3 Å². The second kappa shape index (κ2) is 7.53. The van der Waals surface area contributed by atoms with Gasteiger partial charge in [-0.15, -0.1) is 0 Å². The number of rotatable bonds is 3. The summed E-state index contributed by atoms with van der Waals surface area (Å²) in [5, 5.41) is 5.17. The van der Waals surface area contributed by atoms with Crippen LogP contribution in [0.2, 0.25) is 10.0 Å². The fourth-order valence-corrected chi connectivity index (χ4v) is 3.96. The monoisotopic (exact) mass is 403 g/mol. The number of hydrogen-bond donors (Lipinski definition) is 1. The standard InChI is InChI=1S/C21H23Cl2N3O/c1-13-11-21(2,3)26(4)19-10-18(23)15(9-17(13)19)12-24-25-20(27)14-6-5-7-16(22)8-14/h5-10,12-13H,11H2,1-4H3,(H,25,27)/b24-12-/t13-/m1/s1. The highest BCUT2D eigenvalue weighted by atomic mass is 35.5. The maximum Gasteiger partial charge on any atom is 0.271 e. The minimum absolute atomic E-state index is 0.0796. The van der Waals surface area contributed by atoms with Gasteiger partial charge in [0.15, 0.2) is 0 Å². The first-order chi connectivity index (χ1) is 12.7. The summed E-state index contributed by atoms with van der Waals surface area (Å²) in [5.74, 6) is 0.0920. The third-order valence-electron chi connectivity index (χ3n) is 5.21. The van der Waals surface area contributed by atoms with Gasteiger partial charge in [0.25, 0.3) is 5.91 Å². The molecule has 1 aliphatic heterocycles. The third kappa shape index (κ3) is 4.12. The molecule has 3 rings (SSSR count). The van der Waals surface area contributed by atoms with Crippen LogP contribution in [0.25, 0.3) is 0 Å². The molecule has 1 N–H and O–H groups in total. The molecule has 142 valence electrons. The van der Waals surface area contributed by atoms with E-state index in [4.69, 9.17) is 23.2 Å². The first kappa shape index (κ1) is 19.7. The van der Waals surface area contributed by atoms with Gasteiger partial charge in [-0.1, -0.05) is 36.2 Å². The molecule has 1 atom stereocenters. The van der Waals surface area contributed by atoms with Crippen LogP contribution in [0.4, 0.5) is 5.69 Å². The molecule has 0 unspecified atom stereocenters. The Balaban J connectivity index is 1.81. The lowest BCUT2D eigenvalue weighted by molar-refractivity contribution is 0.0955. The summed E-state index contributed by atoms with van der Waals surface area (Å²) in [4.78, 5) is 14.4. The van der Waals surface area contributed by atoms with Crippen molar-refractivity contribution >= 4 is 41.0 Å². The molecule has 0 fully saturated rings. The van der Waals surface area contributed by atoms with Crippen LogP contribution in [0.1, 0.15) is 54.6 Å². The van der Waals surface area contributed by atoms with Crippen LogP contribution < -0.4 is 10.3 Å². The zero-order valence-electron chi connectivity index (χ0n) is 15.9. The van der Waals surface area contributed by atoms with E-state index in [0.29, 0.717) is 21.5 Å². The van der Waals surface area contributed by atoms with Crippen molar-refractivity contribution in [3.63, 3.8) is 0 Å². The number of carbonyl (C=O) groups excluding carboxylic acids is 1. The number of anilines is 1. The lowest BCUT2D eigenvalue weighted by atomic mass is 9.80. The van der Waals surface area contributed by atoms with E-state index >= 15 is 0 Å². The Morgan fingerprint density at radius 1 is 1.30 bits per heavy atom. The molecular formula is C21H23Cl2N3O. The number of hydrazone groups is 1. The molecule has 2 aromatic rings. The summed E-state index contributed by atoms with van der Waals surface area (Å²) >= 11 is 12.4. The minimum atomic E-state index is -0.322. The van der Waals surface area contributed by atoms with Crippen molar-refractivity contribution < 1.29 is 4.79 Å². The molecule has 1 aliphatic rings. The number of benzene rings is 2. The first-order valence-corrected chi connectivity index (χ1v) is 9.61. The lowest BCUT2D eigenvalue weighted by Gasteiger charge is -2.45. The number of halogens is 2. The summed E-state index contributed by atoms with van der Waals surface area (Å²) in [5.41, 5.74) is 6.21. The largest absolute Gasteiger partial charge is 0.369 e. The number of nitrogens with one attached hydrogen (secondary N) is 1. The molecule has 27 heavy (non-hydrogen) atoms. The molecule has 4 nitrogen and oxygen atoms in total. The Morgan fingerprint density at radius 2 is 2.04 bits per heavy atom. The van der Waals surface area contributed by atoms with Crippen LogP contribution in [-0.4, -0.2) is 24.7 Å². The van der Waals surface area contributed by atoms with Crippen LogP contribution in [0, 0.1) is 0 Å². The molecular weight excluding hydrogens is 381 g/mol. The molecule has 6 heteroatoms. The average Bonchev–Trinajstić information content (AvgIpc) is 2.60. The molecule has 0 aromatic heterocycles. The highest BCUT2D eigenvalue weighted by Gasteiger charge is 2.34. The van der Waals surface area contributed by atoms with Gasteiger partial charge in [-0.3, -0.25) is 4.79 Å². The van der Waals surface area contributed by atoms with Gasteiger partial charge in [0, 0.05) is 34.4 Å². The summed E-state index contributed by atoms with van der Waals surface area (Å²) < 4.78 is 0. The summed E-state index contributed by atoms with van der Waals surface area (Å²) in [7, 11) is 2.10. The highest BCUT2D eigenvalue weighted by molar-refractivity contribution is 6.33. The molecule has 0 aliphatic carbocycles. The zero-order chi connectivity index (χ0) is 19.8. The number of nitrogens with zero attached hydrogens (tertiary/aromatic N) is 2. The van der Waals surface area contributed by atoms with Gasteiger partial charge in [0.2, 0.25) is 0 Å². The van der Waals surface area contributed by atoms with Crippen LogP contribution in [-0.2, 0) is 0 Å². The second-order valence-electron chi connectivity index (χ2n) is 7.62. The van der Waals surface area contributed by atoms with Crippen LogP contribution in [0.15, 0.2) is 41.5 Å². The molecule has 0 spiro atoms. The van der Waals surface area contributed by atoms with Gasteiger partial charge in [-0.05, 0) is 62.1 Å². The molecule has 0 saturated carbocycles. The number of amides is 1. The quantitative estimate of drug-likeness (QED) is 0.544. The predicted molar refractivity (Wildman–Crippen MR) is 113 cm³/mol. The Hall–Kier alpha value is -2.04. The number of hydrogen-bond acceptors (Lipinski definition) is 3. The molecule has 1 heterocycles. The van der Waals surface area contributed by atoms with Crippen molar-refractivity contribution in [2.24, 2.45) is 5.10 Å². The molecule has 0 bridgehead atoms. The SMILES string of the molecule is C[C@@H]1CC(C)(C)N(C)c2cc(Cl)c(/C=N\NC(=O)c3cccc(Cl)c3)cc21. The van der Waals surface area contributed by atoms with Crippen LogP contribution >= 0.6 is 23.2 Å². The van der Waals surface area contributed by atoms with Crippen molar-refractivity contribution in [2.75, 3.05) is 11.9 Å². The normalized spacial score (nSPS) is 18.4. The average molecular weight is 404 g/mol. The first-order valence-electron chi connectivity index (χ1n) is 8.85. The fourth-order valence-electron chi connectivity index (χ4n) is 3.56.